The SMILES string of the molecule is CNCC(Cc1cc(Br)cs1)Cc1ccccc1F. The summed E-state index contributed by atoms with van der Waals surface area (Å²) in [7, 11) is 1.94. The summed E-state index contributed by atoms with van der Waals surface area (Å²) in [5.74, 6) is 0.309. The van der Waals surface area contributed by atoms with Crippen LogP contribution < -0.4 is 5.32 Å². The minimum atomic E-state index is -0.101. The van der Waals surface area contributed by atoms with Gasteiger partial charge in [-0.2, -0.15) is 0 Å². The minimum Gasteiger partial charge on any atom is -0.319 e. The van der Waals surface area contributed by atoms with Crippen molar-refractivity contribution in [3.05, 3.63) is 56.4 Å². The summed E-state index contributed by atoms with van der Waals surface area (Å²) in [4.78, 5) is 1.34. The van der Waals surface area contributed by atoms with Gasteiger partial charge in [0, 0.05) is 14.7 Å². The van der Waals surface area contributed by atoms with Gasteiger partial charge in [0.15, 0.2) is 0 Å². The molecule has 2 aromatic rings. The molecule has 0 aliphatic heterocycles. The van der Waals surface area contributed by atoms with Crippen molar-refractivity contribution in [1.29, 1.82) is 0 Å². The molecule has 102 valence electrons. The van der Waals surface area contributed by atoms with E-state index in [0.717, 1.165) is 29.4 Å². The zero-order valence-electron chi connectivity index (χ0n) is 10.8. The van der Waals surface area contributed by atoms with Crippen molar-refractivity contribution in [1.82, 2.24) is 5.32 Å². The molecule has 0 bridgehead atoms. The molecule has 0 amide bonds. The first kappa shape index (κ1) is 14.7. The summed E-state index contributed by atoms with van der Waals surface area (Å²) in [6, 6.07) is 9.20. The van der Waals surface area contributed by atoms with Crippen molar-refractivity contribution in [3.8, 4) is 0 Å². The summed E-state index contributed by atoms with van der Waals surface area (Å²) in [5.41, 5.74) is 0.804. The highest BCUT2D eigenvalue weighted by molar-refractivity contribution is 9.10. The van der Waals surface area contributed by atoms with E-state index in [1.165, 1.54) is 10.9 Å². The number of nitrogens with one attached hydrogen (secondary N) is 1. The molecule has 19 heavy (non-hydrogen) atoms. The van der Waals surface area contributed by atoms with E-state index in [-0.39, 0.29) is 5.82 Å². The van der Waals surface area contributed by atoms with Crippen LogP contribution in [-0.2, 0) is 12.8 Å². The molecule has 2 rings (SSSR count). The standard InChI is InChI=1S/C15H17BrFNS/c1-18-9-11(7-14-8-13(16)10-19-14)6-12-4-2-3-5-15(12)17/h2-5,8,10-11,18H,6-7,9H2,1H3. The molecule has 0 radical (unpaired) electrons. The second-order valence-electron chi connectivity index (χ2n) is 4.65. The molecule has 1 heterocycles. The fourth-order valence-electron chi connectivity index (χ4n) is 2.23. The van der Waals surface area contributed by atoms with Crippen LogP contribution in [-0.4, -0.2) is 13.6 Å². The van der Waals surface area contributed by atoms with Gasteiger partial charge in [0.1, 0.15) is 5.82 Å². The van der Waals surface area contributed by atoms with E-state index in [1.54, 1.807) is 17.4 Å². The third-order valence-corrected chi connectivity index (χ3v) is 4.79. The smallest absolute Gasteiger partial charge is 0.126 e. The average Bonchev–Trinajstić information content (AvgIpc) is 2.78. The van der Waals surface area contributed by atoms with E-state index in [2.05, 4.69) is 32.7 Å². The quantitative estimate of drug-likeness (QED) is 0.827. The van der Waals surface area contributed by atoms with Crippen molar-refractivity contribution in [2.24, 2.45) is 5.92 Å². The van der Waals surface area contributed by atoms with Crippen molar-refractivity contribution in [2.75, 3.05) is 13.6 Å². The molecule has 1 aromatic carbocycles. The molecule has 0 spiro atoms. The molecule has 1 aromatic heterocycles. The molecule has 0 saturated carbocycles. The maximum absolute atomic E-state index is 13.7. The first-order valence-corrected chi connectivity index (χ1v) is 7.97. The van der Waals surface area contributed by atoms with Crippen molar-refractivity contribution in [2.45, 2.75) is 12.8 Å². The van der Waals surface area contributed by atoms with Gasteiger partial charge >= 0.3 is 0 Å². The molecule has 1 unspecified atom stereocenters. The Hall–Kier alpha value is -0.710. The Bertz CT molecular complexity index is 526. The van der Waals surface area contributed by atoms with Gasteiger partial charge in [-0.05, 0) is 66.0 Å². The van der Waals surface area contributed by atoms with E-state index in [1.807, 2.05) is 19.2 Å². The van der Waals surface area contributed by atoms with E-state index in [0.29, 0.717) is 5.92 Å². The van der Waals surface area contributed by atoms with Crippen LogP contribution in [0.2, 0.25) is 0 Å². The highest BCUT2D eigenvalue weighted by Crippen LogP contribution is 2.24. The Labute approximate surface area is 126 Å². The number of hydrogen-bond donors (Lipinski definition) is 1. The Balaban J connectivity index is 2.06. The summed E-state index contributed by atoms with van der Waals surface area (Å²) in [5, 5.41) is 5.30. The van der Waals surface area contributed by atoms with Gasteiger partial charge < -0.3 is 5.32 Å². The van der Waals surface area contributed by atoms with Gasteiger partial charge in [0.25, 0.3) is 0 Å². The normalized spacial score (nSPS) is 12.6. The third kappa shape index (κ3) is 4.41. The predicted octanol–water partition coefficient (Wildman–Crippen LogP) is 4.27. The van der Waals surface area contributed by atoms with Gasteiger partial charge in [0.2, 0.25) is 0 Å². The zero-order chi connectivity index (χ0) is 13.7. The van der Waals surface area contributed by atoms with Crippen LogP contribution in [0, 0.1) is 11.7 Å². The summed E-state index contributed by atoms with van der Waals surface area (Å²) >= 11 is 5.22. The lowest BCUT2D eigenvalue weighted by atomic mass is 9.95. The molecule has 1 N–H and O–H groups in total. The van der Waals surface area contributed by atoms with Crippen LogP contribution in [0.4, 0.5) is 4.39 Å². The minimum absolute atomic E-state index is 0.101. The fourth-order valence-corrected chi connectivity index (χ4v) is 3.79. The molecule has 1 atom stereocenters. The Morgan fingerprint density at radius 1 is 1.32 bits per heavy atom. The number of benzene rings is 1. The first-order chi connectivity index (χ1) is 9.19. The van der Waals surface area contributed by atoms with E-state index in [9.17, 15) is 4.39 Å². The first-order valence-electron chi connectivity index (χ1n) is 6.30. The summed E-state index contributed by atoms with van der Waals surface area (Å²) in [6.45, 7) is 0.893. The van der Waals surface area contributed by atoms with Gasteiger partial charge in [0.05, 0.1) is 0 Å². The molecule has 0 aliphatic carbocycles. The lowest BCUT2D eigenvalue weighted by molar-refractivity contribution is 0.482. The molecular formula is C15H17BrFNS. The van der Waals surface area contributed by atoms with Crippen molar-refractivity contribution < 1.29 is 4.39 Å². The largest absolute Gasteiger partial charge is 0.319 e. The molecule has 0 aliphatic rings. The fraction of sp³-hybridized carbons (Fsp3) is 0.333. The lowest BCUT2D eigenvalue weighted by Gasteiger charge is -2.16. The highest BCUT2D eigenvalue weighted by atomic mass is 79.9. The maximum Gasteiger partial charge on any atom is 0.126 e. The Morgan fingerprint density at radius 2 is 2.11 bits per heavy atom. The zero-order valence-corrected chi connectivity index (χ0v) is 13.2. The number of thiophene rings is 1. The molecule has 4 heteroatoms. The number of hydrogen-bond acceptors (Lipinski definition) is 2. The van der Waals surface area contributed by atoms with Crippen LogP contribution in [0.15, 0.2) is 40.2 Å². The van der Waals surface area contributed by atoms with Gasteiger partial charge in [-0.1, -0.05) is 18.2 Å². The molecular weight excluding hydrogens is 325 g/mol. The lowest BCUT2D eigenvalue weighted by Crippen LogP contribution is -2.22. The Morgan fingerprint density at radius 3 is 2.74 bits per heavy atom. The predicted molar refractivity (Wildman–Crippen MR) is 83.2 cm³/mol. The Kier molecular flexibility index (Phi) is 5.55. The van der Waals surface area contributed by atoms with Crippen LogP contribution in [0.1, 0.15) is 10.4 Å². The van der Waals surface area contributed by atoms with Crippen LogP contribution in [0.25, 0.3) is 0 Å². The van der Waals surface area contributed by atoms with Crippen molar-refractivity contribution >= 4 is 27.3 Å². The third-order valence-electron chi connectivity index (χ3n) is 3.07. The van der Waals surface area contributed by atoms with E-state index in [4.69, 9.17) is 0 Å². The average molecular weight is 342 g/mol. The number of rotatable bonds is 6. The van der Waals surface area contributed by atoms with E-state index < -0.39 is 0 Å². The van der Waals surface area contributed by atoms with Gasteiger partial charge in [-0.15, -0.1) is 11.3 Å². The summed E-state index contributed by atoms with van der Waals surface area (Å²) < 4.78 is 14.8. The highest BCUT2D eigenvalue weighted by Gasteiger charge is 2.13. The second-order valence-corrected chi connectivity index (χ2v) is 6.57. The van der Waals surface area contributed by atoms with Gasteiger partial charge in [-0.3, -0.25) is 0 Å². The van der Waals surface area contributed by atoms with Crippen LogP contribution in [0.5, 0.6) is 0 Å². The van der Waals surface area contributed by atoms with Crippen molar-refractivity contribution in [3.63, 3.8) is 0 Å². The molecule has 1 nitrogen and oxygen atoms in total. The summed E-state index contributed by atoms with van der Waals surface area (Å²) in [6.07, 6.45) is 1.74. The molecule has 0 saturated heterocycles. The number of halogens is 2. The monoisotopic (exact) mass is 341 g/mol. The van der Waals surface area contributed by atoms with Crippen LogP contribution >= 0.6 is 27.3 Å². The van der Waals surface area contributed by atoms with Gasteiger partial charge in [-0.25, -0.2) is 4.39 Å². The van der Waals surface area contributed by atoms with Crippen LogP contribution in [0.3, 0.4) is 0 Å². The second kappa shape index (κ2) is 7.17. The maximum atomic E-state index is 13.7. The topological polar surface area (TPSA) is 12.0 Å². The molecule has 0 fully saturated rings. The van der Waals surface area contributed by atoms with E-state index >= 15 is 0 Å².